The predicted octanol–water partition coefficient (Wildman–Crippen LogP) is 8.42. The van der Waals surface area contributed by atoms with Crippen LogP contribution in [0.3, 0.4) is 0 Å². The number of fused-ring (bicyclic) bond motifs is 1. The summed E-state index contributed by atoms with van der Waals surface area (Å²) in [4.78, 5) is 24.2. The number of benzene rings is 2. The van der Waals surface area contributed by atoms with Gasteiger partial charge < -0.3 is 29.7 Å². The van der Waals surface area contributed by atoms with E-state index in [9.17, 15) is 10.1 Å². The highest BCUT2D eigenvalue weighted by molar-refractivity contribution is 6.32. The number of carbonyl (C=O) groups excluding carboxylic acids is 1. The van der Waals surface area contributed by atoms with Crippen LogP contribution in [0.15, 0.2) is 60.8 Å². The van der Waals surface area contributed by atoms with Gasteiger partial charge in [0.15, 0.2) is 0 Å². The number of nitrogens with zero attached hydrogens (tertiary/aromatic N) is 4. The molecule has 2 N–H and O–H groups in total. The molecule has 1 aliphatic rings. The average Bonchev–Trinajstić information content (AvgIpc) is 3.13. The number of likely N-dealkylation sites (N-methyl/N-ethyl adjacent to an activating group) is 1. The summed E-state index contributed by atoms with van der Waals surface area (Å²) in [6, 6.07) is 15.4. The number of hydrogen-bond donors (Lipinski definition) is 2. The Balaban J connectivity index is 0.00000276. The molecule has 0 saturated carbocycles. The van der Waals surface area contributed by atoms with Crippen molar-refractivity contribution in [3.8, 4) is 17.6 Å². The van der Waals surface area contributed by atoms with Crippen LogP contribution in [0.25, 0.3) is 10.9 Å². The third-order valence-corrected chi connectivity index (χ3v) is 8.28. The Morgan fingerprint density at radius 2 is 1.88 bits per heavy atom. The molecule has 0 aliphatic carbocycles. The van der Waals surface area contributed by atoms with Crippen molar-refractivity contribution in [2.24, 2.45) is 0 Å². The molecule has 10 nitrogen and oxygen atoms in total. The summed E-state index contributed by atoms with van der Waals surface area (Å²) in [6.07, 6.45) is 7.65. The van der Waals surface area contributed by atoms with Crippen molar-refractivity contribution >= 4 is 45.5 Å². The molecule has 5 rings (SSSR count). The van der Waals surface area contributed by atoms with E-state index in [1.807, 2.05) is 65.0 Å². The van der Waals surface area contributed by atoms with E-state index in [4.69, 9.17) is 30.8 Å². The zero-order valence-corrected chi connectivity index (χ0v) is 30.6. The van der Waals surface area contributed by atoms with Crippen LogP contribution in [-0.4, -0.2) is 61.2 Å². The molecule has 4 aromatic rings. The molecule has 0 bridgehead atoms. The Morgan fingerprint density at radius 1 is 1.10 bits per heavy atom. The first-order chi connectivity index (χ1) is 24.3. The number of nitriles is 1. The van der Waals surface area contributed by atoms with Gasteiger partial charge in [0.25, 0.3) is 0 Å². The summed E-state index contributed by atoms with van der Waals surface area (Å²) < 4.78 is 17.4. The molecule has 3 heterocycles. The van der Waals surface area contributed by atoms with Gasteiger partial charge in [0, 0.05) is 66.3 Å². The van der Waals surface area contributed by atoms with E-state index < -0.39 is 0 Å². The fourth-order valence-corrected chi connectivity index (χ4v) is 5.76. The zero-order chi connectivity index (χ0) is 36.0. The summed E-state index contributed by atoms with van der Waals surface area (Å²) in [7, 11) is 3.86. The highest BCUT2D eigenvalue weighted by atomic mass is 35.5. The summed E-state index contributed by atoms with van der Waals surface area (Å²) in [5, 5.41) is 17.6. The number of pyridine rings is 2. The fraction of sp³-hybridized carbons (Fsp3) is 0.385. The molecule has 264 valence electrons. The topological polar surface area (TPSA) is 122 Å². The number of hydrogen-bond acceptors (Lipinski definition) is 9. The van der Waals surface area contributed by atoms with Crippen molar-refractivity contribution in [2.75, 3.05) is 51.1 Å². The normalized spacial score (nSPS) is 13.1. The van der Waals surface area contributed by atoms with Crippen LogP contribution in [-0.2, 0) is 22.6 Å². The molecular weight excluding hydrogens is 652 g/mol. The van der Waals surface area contributed by atoms with Crippen LogP contribution in [0.4, 0.5) is 17.1 Å². The van der Waals surface area contributed by atoms with Gasteiger partial charge in [-0.05, 0) is 70.6 Å². The van der Waals surface area contributed by atoms with E-state index in [1.165, 1.54) is 6.08 Å². The molecule has 1 fully saturated rings. The van der Waals surface area contributed by atoms with Gasteiger partial charge in [-0.25, -0.2) is 0 Å². The Morgan fingerprint density at radius 3 is 2.52 bits per heavy atom. The molecule has 11 heteroatoms. The molecule has 1 saturated heterocycles. The second kappa shape index (κ2) is 18.9. The quantitative estimate of drug-likeness (QED) is 0.133. The number of nitrogens with one attached hydrogen (secondary N) is 2. The minimum Gasteiger partial charge on any atom is -0.492 e. The summed E-state index contributed by atoms with van der Waals surface area (Å²) >= 11 is 6.69. The van der Waals surface area contributed by atoms with E-state index in [2.05, 4.69) is 27.8 Å². The smallest absolute Gasteiger partial charge is 0.248 e. The van der Waals surface area contributed by atoms with Gasteiger partial charge in [0.05, 0.1) is 39.8 Å². The third-order valence-electron chi connectivity index (χ3n) is 7.99. The zero-order valence-electron chi connectivity index (χ0n) is 29.8. The number of aromatic nitrogens is 2. The van der Waals surface area contributed by atoms with Crippen LogP contribution in [0, 0.1) is 11.3 Å². The summed E-state index contributed by atoms with van der Waals surface area (Å²) in [5.41, 5.74) is 5.39. The van der Waals surface area contributed by atoms with Crippen LogP contribution in [0.1, 0.15) is 69.0 Å². The van der Waals surface area contributed by atoms with Gasteiger partial charge in [-0.2, -0.15) is 5.26 Å². The van der Waals surface area contributed by atoms with Gasteiger partial charge in [-0.3, -0.25) is 14.8 Å². The maximum absolute atomic E-state index is 12.8. The van der Waals surface area contributed by atoms with Crippen molar-refractivity contribution in [3.05, 3.63) is 88.4 Å². The minimum absolute atomic E-state index is 0.293. The van der Waals surface area contributed by atoms with Crippen LogP contribution >= 0.6 is 11.6 Å². The Labute approximate surface area is 300 Å². The Kier molecular flexibility index (Phi) is 14.4. The molecular formula is C39H47ClN6O4. The molecule has 1 amide bonds. The highest BCUT2D eigenvalue weighted by Crippen LogP contribution is 2.39. The van der Waals surface area contributed by atoms with Crippen molar-refractivity contribution in [1.29, 1.82) is 5.26 Å². The van der Waals surface area contributed by atoms with Crippen LogP contribution in [0.2, 0.25) is 5.02 Å². The molecule has 1 aliphatic heterocycles. The van der Waals surface area contributed by atoms with Crippen molar-refractivity contribution in [3.63, 3.8) is 0 Å². The lowest BCUT2D eigenvalue weighted by Gasteiger charge is -2.21. The maximum Gasteiger partial charge on any atom is 0.248 e. The van der Waals surface area contributed by atoms with E-state index >= 15 is 0 Å². The molecule has 0 atom stereocenters. The number of halogens is 1. The fourth-order valence-electron chi connectivity index (χ4n) is 5.52. The monoisotopic (exact) mass is 698 g/mol. The van der Waals surface area contributed by atoms with Crippen LogP contribution in [0.5, 0.6) is 11.5 Å². The molecule has 0 spiro atoms. The lowest BCUT2D eigenvalue weighted by Crippen LogP contribution is -2.15. The standard InChI is InChI=1S/C37H41ClN6O4.C2H6/c1-5-30-28(21-39)37(27-19-33(35(47-6-2)20-32(27)42-30)43-36(45)8-7-15-44(3)4)41-26-10-12-34(29(38)18-26)48-23-24-9-11-31(40-22-24)25-13-16-46-17-14-25;1-2/h7-12,18-20,22,25H,5-6,13-17,23H2,1-4H3,(H,41,42)(H,43,45);1-2H3/b8-7+;. The lowest BCUT2D eigenvalue weighted by atomic mass is 9.96. The molecule has 2 aromatic heterocycles. The number of ether oxygens (including phenoxy) is 3. The number of aryl methyl sites for hydroxylation is 1. The maximum atomic E-state index is 12.8. The van der Waals surface area contributed by atoms with Crippen molar-refractivity contribution in [2.45, 2.75) is 59.5 Å². The van der Waals surface area contributed by atoms with Gasteiger partial charge in [0.2, 0.25) is 5.91 Å². The summed E-state index contributed by atoms with van der Waals surface area (Å²) in [5.74, 6) is 1.16. The number of amides is 1. The molecule has 50 heavy (non-hydrogen) atoms. The van der Waals surface area contributed by atoms with Crippen molar-refractivity contribution in [1.82, 2.24) is 14.9 Å². The minimum atomic E-state index is -0.293. The second-order valence-electron chi connectivity index (χ2n) is 11.8. The van der Waals surface area contributed by atoms with Gasteiger partial charge in [-0.15, -0.1) is 0 Å². The SMILES string of the molecule is CC.CCOc1cc2nc(CC)c(C#N)c(Nc3ccc(OCc4ccc(C5CCOCC5)nc4)c(Cl)c3)c2cc1NC(=O)/C=C/CN(C)C. The Bertz CT molecular complexity index is 1810. The van der Waals surface area contributed by atoms with E-state index in [-0.39, 0.29) is 5.91 Å². The second-order valence-corrected chi connectivity index (χ2v) is 12.2. The van der Waals surface area contributed by atoms with Gasteiger partial charge in [0.1, 0.15) is 24.2 Å². The number of carbonyl (C=O) groups is 1. The number of anilines is 3. The molecule has 0 unspecified atom stereocenters. The van der Waals surface area contributed by atoms with E-state index in [0.717, 1.165) is 37.3 Å². The van der Waals surface area contributed by atoms with Crippen molar-refractivity contribution < 1.29 is 19.0 Å². The lowest BCUT2D eigenvalue weighted by molar-refractivity contribution is -0.111. The van der Waals surface area contributed by atoms with Gasteiger partial charge >= 0.3 is 0 Å². The third kappa shape index (κ3) is 9.94. The first kappa shape index (κ1) is 38.1. The number of rotatable bonds is 13. The first-order valence-corrected chi connectivity index (χ1v) is 17.5. The Hall–Kier alpha value is -4.69. The van der Waals surface area contributed by atoms with E-state index in [1.54, 1.807) is 30.3 Å². The first-order valence-electron chi connectivity index (χ1n) is 17.2. The highest BCUT2D eigenvalue weighted by Gasteiger charge is 2.20. The van der Waals surface area contributed by atoms with E-state index in [0.29, 0.717) is 87.8 Å². The largest absolute Gasteiger partial charge is 0.492 e. The van der Waals surface area contributed by atoms with Gasteiger partial charge in [-0.1, -0.05) is 44.5 Å². The average molecular weight is 699 g/mol. The summed E-state index contributed by atoms with van der Waals surface area (Å²) in [6.45, 7) is 10.7. The predicted molar refractivity (Wildman–Crippen MR) is 201 cm³/mol. The molecule has 0 radical (unpaired) electrons. The molecule has 2 aromatic carbocycles. The van der Waals surface area contributed by atoms with Crippen LogP contribution < -0.4 is 20.1 Å².